The number of para-hydroxylation sites is 1. The third kappa shape index (κ3) is 1.50. The highest BCUT2D eigenvalue weighted by molar-refractivity contribution is 6.36. The van der Waals surface area contributed by atoms with Crippen LogP contribution in [0.3, 0.4) is 0 Å². The van der Waals surface area contributed by atoms with Gasteiger partial charge in [-0.25, -0.2) is 0 Å². The highest BCUT2D eigenvalue weighted by Gasteiger charge is 2.34. The van der Waals surface area contributed by atoms with Crippen LogP contribution >= 0.6 is 0 Å². The number of rotatable bonds is 0. The van der Waals surface area contributed by atoms with Gasteiger partial charge in [-0.2, -0.15) is 0 Å². The van der Waals surface area contributed by atoms with Gasteiger partial charge >= 0.3 is 0 Å². The Morgan fingerprint density at radius 1 is 1.06 bits per heavy atom. The van der Waals surface area contributed by atoms with Crippen LogP contribution in [0.25, 0.3) is 5.57 Å². The predicted molar refractivity (Wildman–Crippen MR) is 70.2 cm³/mol. The molecule has 0 aromatic heterocycles. The Bertz CT molecular complexity index is 572. The molecule has 1 amide bonds. The summed E-state index contributed by atoms with van der Waals surface area (Å²) >= 11 is 0. The molecule has 0 saturated heterocycles. The van der Waals surface area contributed by atoms with Crippen LogP contribution in [-0.4, -0.2) is 18.7 Å². The summed E-state index contributed by atoms with van der Waals surface area (Å²) in [6.45, 7) is 0. The normalized spacial score (nSPS) is 23.5. The van der Waals surface area contributed by atoms with E-state index in [1.807, 2.05) is 24.3 Å². The number of Topliss-reactive ketones (excluding diaryl/α,β-unsaturated/α-hetero) is 1. The van der Waals surface area contributed by atoms with Gasteiger partial charge < -0.3 is 4.90 Å². The molecule has 1 aliphatic heterocycles. The van der Waals surface area contributed by atoms with Gasteiger partial charge in [0.1, 0.15) is 0 Å². The molecule has 3 rings (SSSR count). The van der Waals surface area contributed by atoms with Crippen molar-refractivity contribution >= 4 is 23.0 Å². The number of hydrogen-bond acceptors (Lipinski definition) is 2. The molecular weight excluding hydrogens is 226 g/mol. The zero-order chi connectivity index (χ0) is 12.7. The maximum absolute atomic E-state index is 12.3. The molecule has 1 aromatic rings. The summed E-state index contributed by atoms with van der Waals surface area (Å²) < 4.78 is 0. The highest BCUT2D eigenvalue weighted by atomic mass is 16.2. The van der Waals surface area contributed by atoms with E-state index in [9.17, 15) is 9.59 Å². The maximum atomic E-state index is 12.3. The number of fused-ring (bicyclic) bond motifs is 1. The van der Waals surface area contributed by atoms with Crippen molar-refractivity contribution in [3.05, 3.63) is 35.4 Å². The molecule has 1 aliphatic carbocycles. The third-order valence-electron chi connectivity index (χ3n) is 3.77. The Morgan fingerprint density at radius 2 is 1.78 bits per heavy atom. The standard InChI is InChI=1S/C15H15NO2/c1-16-12-8-4-2-6-10(12)14(15(16)18)11-7-3-5-9-13(11)17/h2,4,6,8H,3,5,7,9H2,1H3/b14-11+. The number of likely N-dealkylation sites (N-methyl/N-ethyl adjacent to an activating group) is 1. The van der Waals surface area contributed by atoms with E-state index >= 15 is 0 Å². The number of benzene rings is 1. The van der Waals surface area contributed by atoms with Crippen LogP contribution < -0.4 is 4.90 Å². The summed E-state index contributed by atoms with van der Waals surface area (Å²) in [6, 6.07) is 7.69. The Balaban J connectivity index is 2.21. The molecule has 1 heterocycles. The van der Waals surface area contributed by atoms with Crippen molar-refractivity contribution in [2.24, 2.45) is 0 Å². The van der Waals surface area contributed by atoms with Crippen molar-refractivity contribution in [2.75, 3.05) is 11.9 Å². The van der Waals surface area contributed by atoms with Crippen molar-refractivity contribution < 1.29 is 9.59 Å². The molecule has 1 aromatic carbocycles. The summed E-state index contributed by atoms with van der Waals surface area (Å²) in [5.41, 5.74) is 3.19. The van der Waals surface area contributed by atoms with Crippen LogP contribution in [0, 0.1) is 0 Å². The van der Waals surface area contributed by atoms with E-state index in [1.165, 1.54) is 0 Å². The van der Waals surface area contributed by atoms with E-state index < -0.39 is 0 Å². The van der Waals surface area contributed by atoms with E-state index in [2.05, 4.69) is 0 Å². The zero-order valence-electron chi connectivity index (χ0n) is 10.4. The molecule has 1 fully saturated rings. The van der Waals surface area contributed by atoms with Crippen LogP contribution in [0.1, 0.15) is 31.2 Å². The predicted octanol–water partition coefficient (Wildman–Crippen LogP) is 2.56. The lowest BCUT2D eigenvalue weighted by Crippen LogP contribution is -2.22. The number of anilines is 1. The summed E-state index contributed by atoms with van der Waals surface area (Å²) in [6.07, 6.45) is 3.27. The fourth-order valence-corrected chi connectivity index (χ4v) is 2.80. The smallest absolute Gasteiger partial charge is 0.259 e. The van der Waals surface area contributed by atoms with Crippen LogP contribution in [-0.2, 0) is 9.59 Å². The summed E-state index contributed by atoms with van der Waals surface area (Å²) in [5, 5.41) is 0. The molecule has 0 radical (unpaired) electrons. The third-order valence-corrected chi connectivity index (χ3v) is 3.77. The molecule has 0 N–H and O–H groups in total. The number of amides is 1. The first-order valence-electron chi connectivity index (χ1n) is 6.34. The van der Waals surface area contributed by atoms with Gasteiger partial charge in [0.15, 0.2) is 5.78 Å². The Morgan fingerprint density at radius 3 is 2.56 bits per heavy atom. The maximum Gasteiger partial charge on any atom is 0.259 e. The Kier molecular flexibility index (Phi) is 2.54. The molecule has 18 heavy (non-hydrogen) atoms. The second-order valence-corrected chi connectivity index (χ2v) is 4.87. The minimum atomic E-state index is -0.0403. The van der Waals surface area contributed by atoms with Crippen molar-refractivity contribution in [1.82, 2.24) is 0 Å². The first kappa shape index (κ1) is 11.2. The molecule has 92 valence electrons. The molecule has 1 saturated carbocycles. The van der Waals surface area contributed by atoms with Gasteiger partial charge in [-0.1, -0.05) is 18.2 Å². The summed E-state index contributed by atoms with van der Waals surface area (Å²) in [5.74, 6) is 0.108. The van der Waals surface area contributed by atoms with E-state index in [0.29, 0.717) is 12.0 Å². The van der Waals surface area contributed by atoms with Crippen molar-refractivity contribution in [1.29, 1.82) is 0 Å². The number of ketones is 1. The number of hydrogen-bond donors (Lipinski definition) is 0. The molecule has 0 unspecified atom stereocenters. The first-order chi connectivity index (χ1) is 8.70. The molecule has 2 aliphatic rings. The van der Waals surface area contributed by atoms with Gasteiger partial charge in [0.2, 0.25) is 0 Å². The van der Waals surface area contributed by atoms with Crippen molar-refractivity contribution in [3.63, 3.8) is 0 Å². The lowest BCUT2D eigenvalue weighted by atomic mass is 9.88. The average molecular weight is 241 g/mol. The first-order valence-corrected chi connectivity index (χ1v) is 6.34. The summed E-state index contributed by atoms with van der Waals surface area (Å²) in [4.78, 5) is 26.0. The molecule has 0 bridgehead atoms. The van der Waals surface area contributed by atoms with E-state index in [4.69, 9.17) is 0 Å². The van der Waals surface area contributed by atoms with E-state index in [-0.39, 0.29) is 11.7 Å². The zero-order valence-corrected chi connectivity index (χ0v) is 10.4. The highest BCUT2D eigenvalue weighted by Crippen LogP contribution is 2.39. The lowest BCUT2D eigenvalue weighted by molar-refractivity contribution is -0.117. The molecule has 3 heteroatoms. The quantitative estimate of drug-likeness (QED) is 0.655. The van der Waals surface area contributed by atoms with Gasteiger partial charge in [0, 0.05) is 24.6 Å². The van der Waals surface area contributed by atoms with E-state index in [0.717, 1.165) is 36.1 Å². The van der Waals surface area contributed by atoms with Gasteiger partial charge in [-0.15, -0.1) is 0 Å². The van der Waals surface area contributed by atoms with Crippen LogP contribution in [0.15, 0.2) is 29.8 Å². The number of carbonyl (C=O) groups excluding carboxylic acids is 2. The van der Waals surface area contributed by atoms with Gasteiger partial charge in [0.05, 0.1) is 11.3 Å². The number of nitrogens with zero attached hydrogens (tertiary/aromatic N) is 1. The van der Waals surface area contributed by atoms with Gasteiger partial charge in [0.25, 0.3) is 5.91 Å². The SMILES string of the molecule is CN1C(=O)/C(=C2\CCCCC2=O)c2ccccc21. The van der Waals surface area contributed by atoms with Crippen molar-refractivity contribution in [2.45, 2.75) is 25.7 Å². The van der Waals surface area contributed by atoms with Gasteiger partial charge in [-0.3, -0.25) is 9.59 Å². The average Bonchev–Trinajstić information content (AvgIpc) is 2.64. The van der Waals surface area contributed by atoms with Crippen LogP contribution in [0.4, 0.5) is 5.69 Å². The molecule has 0 spiro atoms. The monoisotopic (exact) mass is 241 g/mol. The number of allylic oxidation sites excluding steroid dienone is 1. The lowest BCUT2D eigenvalue weighted by Gasteiger charge is -2.15. The van der Waals surface area contributed by atoms with E-state index in [1.54, 1.807) is 11.9 Å². The van der Waals surface area contributed by atoms with Gasteiger partial charge in [-0.05, 0) is 25.3 Å². The van der Waals surface area contributed by atoms with Crippen LogP contribution in [0.5, 0.6) is 0 Å². The molecule has 3 nitrogen and oxygen atoms in total. The second-order valence-electron chi connectivity index (χ2n) is 4.87. The fraction of sp³-hybridized carbons (Fsp3) is 0.333. The fourth-order valence-electron chi connectivity index (χ4n) is 2.80. The summed E-state index contributed by atoms with van der Waals surface area (Å²) in [7, 11) is 1.77. The minimum Gasteiger partial charge on any atom is -0.311 e. The Hall–Kier alpha value is -1.90. The largest absolute Gasteiger partial charge is 0.311 e. The van der Waals surface area contributed by atoms with Crippen molar-refractivity contribution in [3.8, 4) is 0 Å². The minimum absolute atomic E-state index is 0.0403. The Labute approximate surface area is 106 Å². The molecular formula is C15H15NO2. The second kappa shape index (κ2) is 4.09. The number of carbonyl (C=O) groups is 2. The van der Waals surface area contributed by atoms with Crippen LogP contribution in [0.2, 0.25) is 0 Å². The molecule has 0 atom stereocenters. The topological polar surface area (TPSA) is 37.4 Å².